The fraction of sp³-hybridized carbons (Fsp3) is 0.294. The first-order chi connectivity index (χ1) is 12.8. The summed E-state index contributed by atoms with van der Waals surface area (Å²) in [4.78, 5) is 3.96. The molecule has 0 unspecified atom stereocenters. The van der Waals surface area contributed by atoms with Crippen molar-refractivity contribution in [3.8, 4) is 0 Å². The molecular weight excluding hydrogens is 379 g/mol. The van der Waals surface area contributed by atoms with Crippen LogP contribution in [0.4, 0.5) is 24.7 Å². The second kappa shape index (κ2) is 7.87. The van der Waals surface area contributed by atoms with Crippen molar-refractivity contribution < 1.29 is 17.6 Å². The Morgan fingerprint density at radius 1 is 1.15 bits per heavy atom. The van der Waals surface area contributed by atoms with Crippen LogP contribution < -0.4 is 21.0 Å². The van der Waals surface area contributed by atoms with Crippen LogP contribution >= 0.6 is 12.2 Å². The lowest BCUT2D eigenvalue weighted by Gasteiger charge is -2.36. The van der Waals surface area contributed by atoms with Crippen molar-refractivity contribution in [2.45, 2.75) is 6.18 Å². The Morgan fingerprint density at radius 3 is 2.52 bits per heavy atom. The number of benzene rings is 1. The summed E-state index contributed by atoms with van der Waals surface area (Å²) in [5.74, 6) is 1.21. The Bertz CT molecular complexity index is 828. The summed E-state index contributed by atoms with van der Waals surface area (Å²) in [6.45, 7) is 2.44. The molecule has 10 heteroatoms. The Kier molecular flexibility index (Phi) is 5.54. The molecule has 1 aromatic heterocycles. The second-order valence-electron chi connectivity index (χ2n) is 5.93. The summed E-state index contributed by atoms with van der Waals surface area (Å²) >= 11 is 4.65. The second-order valence-corrected chi connectivity index (χ2v) is 6.37. The Labute approximate surface area is 159 Å². The van der Waals surface area contributed by atoms with Gasteiger partial charge in [-0.1, -0.05) is 6.07 Å². The van der Waals surface area contributed by atoms with Gasteiger partial charge in [-0.05, 0) is 36.5 Å². The van der Waals surface area contributed by atoms with Crippen molar-refractivity contribution >= 4 is 35.1 Å². The van der Waals surface area contributed by atoms with E-state index in [0.29, 0.717) is 43.5 Å². The lowest BCUT2D eigenvalue weighted by molar-refractivity contribution is -0.137. The fourth-order valence-corrected chi connectivity index (χ4v) is 2.86. The third-order valence-electron chi connectivity index (χ3n) is 4.11. The van der Waals surface area contributed by atoms with E-state index in [0.717, 1.165) is 6.07 Å². The minimum atomic E-state index is -4.34. The van der Waals surface area contributed by atoms with Gasteiger partial charge in [0.15, 0.2) is 11.0 Å². The predicted octanol–water partition coefficient (Wildman–Crippen LogP) is 2.79. The van der Waals surface area contributed by atoms with Gasteiger partial charge in [0.2, 0.25) is 0 Å². The highest BCUT2D eigenvalue weighted by atomic mass is 32.1. The Morgan fingerprint density at radius 2 is 1.85 bits per heavy atom. The number of thiocarbonyl (C=S) groups is 1. The van der Waals surface area contributed by atoms with Crippen LogP contribution in [0.3, 0.4) is 0 Å². The molecule has 0 spiro atoms. The molecule has 1 saturated heterocycles. The zero-order valence-corrected chi connectivity index (χ0v) is 15.1. The van der Waals surface area contributed by atoms with Gasteiger partial charge < -0.3 is 20.0 Å². The third-order valence-corrected chi connectivity index (χ3v) is 4.20. The summed E-state index contributed by atoms with van der Waals surface area (Å²) < 4.78 is 44.4. The van der Waals surface area contributed by atoms with Crippen LogP contribution in [0.1, 0.15) is 11.3 Å². The zero-order valence-electron chi connectivity index (χ0n) is 14.2. The van der Waals surface area contributed by atoms with E-state index in [1.54, 1.807) is 12.1 Å². The molecule has 3 N–H and O–H groups in total. The van der Waals surface area contributed by atoms with Gasteiger partial charge in [0.05, 0.1) is 11.8 Å². The molecule has 1 aromatic carbocycles. The first kappa shape index (κ1) is 19.0. The summed E-state index contributed by atoms with van der Waals surface area (Å²) in [5.41, 5.74) is 7.65. The number of furan rings is 1. The van der Waals surface area contributed by atoms with E-state index in [2.05, 4.69) is 22.7 Å². The van der Waals surface area contributed by atoms with E-state index in [1.807, 2.05) is 15.9 Å². The number of halogens is 3. The number of hydrogen-bond donors (Lipinski definition) is 2. The van der Waals surface area contributed by atoms with Crippen molar-refractivity contribution in [3.05, 3.63) is 47.7 Å². The Balaban J connectivity index is 1.60. The molecule has 27 heavy (non-hydrogen) atoms. The number of anilines is 2. The topological polar surface area (TPSA) is 70.0 Å². The molecule has 2 heterocycles. The number of nitrogens with two attached hydrogens (primary N) is 1. The zero-order chi connectivity index (χ0) is 19.4. The quantitative estimate of drug-likeness (QED) is 0.470. The highest BCUT2D eigenvalue weighted by molar-refractivity contribution is 7.80. The average Bonchev–Trinajstić information content (AvgIpc) is 3.10. The maximum atomic E-state index is 12.9. The molecule has 0 bridgehead atoms. The number of alkyl halides is 3. The largest absolute Gasteiger partial charge is 0.440 e. The third kappa shape index (κ3) is 4.91. The van der Waals surface area contributed by atoms with E-state index in [1.165, 1.54) is 18.3 Å². The van der Waals surface area contributed by atoms with Crippen LogP contribution in [0.5, 0.6) is 0 Å². The number of nitrogens with zero attached hydrogens (tertiary/aromatic N) is 3. The van der Waals surface area contributed by atoms with E-state index in [9.17, 15) is 13.2 Å². The number of rotatable bonds is 4. The van der Waals surface area contributed by atoms with Gasteiger partial charge in [0, 0.05) is 37.9 Å². The van der Waals surface area contributed by atoms with Gasteiger partial charge >= 0.3 is 6.18 Å². The highest BCUT2D eigenvalue weighted by Gasteiger charge is 2.31. The van der Waals surface area contributed by atoms with E-state index < -0.39 is 11.7 Å². The first-order valence-corrected chi connectivity index (χ1v) is 8.59. The molecule has 0 saturated carbocycles. The van der Waals surface area contributed by atoms with E-state index >= 15 is 0 Å². The lowest BCUT2D eigenvalue weighted by atomic mass is 10.1. The van der Waals surface area contributed by atoms with E-state index in [-0.39, 0.29) is 5.11 Å². The van der Waals surface area contributed by atoms with Crippen LogP contribution in [0.15, 0.2) is 45.9 Å². The normalized spacial score (nSPS) is 15.4. The van der Waals surface area contributed by atoms with Gasteiger partial charge in [0.25, 0.3) is 0 Å². The molecule has 2 aromatic rings. The molecule has 3 rings (SSSR count). The molecule has 0 radical (unpaired) electrons. The number of hydrazone groups is 1. The smallest absolute Gasteiger partial charge is 0.416 e. The van der Waals surface area contributed by atoms with Gasteiger partial charge in [-0.25, -0.2) is 0 Å². The van der Waals surface area contributed by atoms with Gasteiger partial charge in [-0.2, -0.15) is 18.3 Å². The van der Waals surface area contributed by atoms with Crippen molar-refractivity contribution in [1.82, 2.24) is 5.43 Å². The van der Waals surface area contributed by atoms with Crippen LogP contribution in [0.25, 0.3) is 0 Å². The molecule has 0 atom stereocenters. The summed E-state index contributed by atoms with van der Waals surface area (Å²) in [6.07, 6.45) is -2.88. The minimum Gasteiger partial charge on any atom is -0.440 e. The lowest BCUT2D eigenvalue weighted by Crippen LogP contribution is -2.46. The van der Waals surface area contributed by atoms with Crippen LogP contribution in [0, 0.1) is 0 Å². The van der Waals surface area contributed by atoms with Crippen LogP contribution in [-0.4, -0.2) is 37.5 Å². The summed E-state index contributed by atoms with van der Waals surface area (Å²) in [7, 11) is 0. The summed E-state index contributed by atoms with van der Waals surface area (Å²) in [6, 6.07) is 8.98. The monoisotopic (exact) mass is 397 g/mol. The molecule has 144 valence electrons. The van der Waals surface area contributed by atoms with Gasteiger partial charge in [0.1, 0.15) is 5.76 Å². The SMILES string of the molecule is NC(=S)NN=Cc1ccc(N2CCN(c3cccc(C(F)(F)F)c3)CC2)o1. The Hall–Kier alpha value is -2.75. The van der Waals surface area contributed by atoms with E-state index in [4.69, 9.17) is 10.2 Å². The van der Waals surface area contributed by atoms with Gasteiger partial charge in [-0.15, -0.1) is 0 Å². The molecule has 0 amide bonds. The van der Waals surface area contributed by atoms with Crippen molar-refractivity contribution in [1.29, 1.82) is 0 Å². The molecule has 1 aliphatic heterocycles. The maximum Gasteiger partial charge on any atom is 0.416 e. The molecule has 1 fully saturated rings. The first-order valence-electron chi connectivity index (χ1n) is 8.18. The fourth-order valence-electron chi connectivity index (χ4n) is 2.81. The number of hydrogen-bond acceptors (Lipinski definition) is 5. The number of piperazine rings is 1. The standard InChI is InChI=1S/C17H18F3N5OS/c18-17(19,20)12-2-1-3-13(10-12)24-6-8-25(9-7-24)15-5-4-14(26-15)11-22-23-16(21)27/h1-5,10-11H,6-9H2,(H3,21,23,27). The average molecular weight is 397 g/mol. The van der Waals surface area contributed by atoms with Gasteiger partial charge in [-0.3, -0.25) is 5.43 Å². The maximum absolute atomic E-state index is 12.9. The van der Waals surface area contributed by atoms with Crippen molar-refractivity contribution in [2.75, 3.05) is 36.0 Å². The highest BCUT2D eigenvalue weighted by Crippen LogP contribution is 2.32. The summed E-state index contributed by atoms with van der Waals surface area (Å²) in [5, 5.41) is 3.88. The van der Waals surface area contributed by atoms with Crippen LogP contribution in [-0.2, 0) is 6.18 Å². The minimum absolute atomic E-state index is 0.0590. The van der Waals surface area contributed by atoms with Crippen LogP contribution in [0.2, 0.25) is 0 Å². The molecule has 6 nitrogen and oxygen atoms in total. The number of nitrogens with one attached hydrogen (secondary N) is 1. The molecule has 0 aliphatic carbocycles. The molecular formula is C17H18F3N5OS. The predicted molar refractivity (Wildman–Crippen MR) is 102 cm³/mol. The van der Waals surface area contributed by atoms with Crippen molar-refractivity contribution in [2.24, 2.45) is 10.8 Å². The molecule has 1 aliphatic rings. The van der Waals surface area contributed by atoms with Crippen molar-refractivity contribution in [3.63, 3.8) is 0 Å².